The van der Waals surface area contributed by atoms with Crippen molar-refractivity contribution in [3.8, 4) is 0 Å². The lowest BCUT2D eigenvalue weighted by Crippen LogP contribution is -2.49. The Morgan fingerprint density at radius 1 is 1.65 bits per heavy atom. The molecule has 0 radical (unpaired) electrons. The van der Waals surface area contributed by atoms with Gasteiger partial charge in [-0.1, -0.05) is 0 Å². The molecule has 2 atom stereocenters. The summed E-state index contributed by atoms with van der Waals surface area (Å²) in [4.78, 5) is 13.9. The van der Waals surface area contributed by atoms with Crippen molar-refractivity contribution in [2.24, 2.45) is 7.05 Å². The van der Waals surface area contributed by atoms with Gasteiger partial charge >= 0.3 is 0 Å². The van der Waals surface area contributed by atoms with Gasteiger partial charge < -0.3 is 9.64 Å². The van der Waals surface area contributed by atoms with E-state index in [1.165, 1.54) is 0 Å². The van der Waals surface area contributed by atoms with Crippen molar-refractivity contribution in [3.63, 3.8) is 0 Å². The van der Waals surface area contributed by atoms with Crippen LogP contribution in [-0.2, 0) is 11.8 Å². The molecule has 94 valence electrons. The zero-order valence-electron chi connectivity index (χ0n) is 9.97. The first-order valence-corrected chi connectivity index (χ1v) is 6.14. The Balaban J connectivity index is 2.08. The summed E-state index contributed by atoms with van der Waals surface area (Å²) in [7, 11) is 1.79. The topological polar surface area (TPSA) is 47.4 Å². The van der Waals surface area contributed by atoms with E-state index in [0.29, 0.717) is 24.7 Å². The second kappa shape index (κ2) is 5.06. The average Bonchev–Trinajstić information content (AvgIpc) is 2.74. The van der Waals surface area contributed by atoms with Crippen molar-refractivity contribution in [3.05, 3.63) is 18.0 Å². The highest BCUT2D eigenvalue weighted by Gasteiger charge is 2.29. The SMILES string of the molecule is CC1CN(C(=O)c2ccn(C)n2)CC(CCl)O1. The monoisotopic (exact) mass is 257 g/mol. The molecular formula is C11H16ClN3O2. The van der Waals surface area contributed by atoms with E-state index in [1.807, 2.05) is 6.92 Å². The predicted octanol–water partition coefficient (Wildman–Crippen LogP) is 0.888. The Morgan fingerprint density at radius 3 is 3.00 bits per heavy atom. The van der Waals surface area contributed by atoms with E-state index >= 15 is 0 Å². The van der Waals surface area contributed by atoms with E-state index in [0.717, 1.165) is 0 Å². The van der Waals surface area contributed by atoms with Crippen LogP contribution < -0.4 is 0 Å². The summed E-state index contributed by atoms with van der Waals surface area (Å²) in [5.41, 5.74) is 0.468. The number of morpholine rings is 1. The van der Waals surface area contributed by atoms with Crippen LogP contribution in [0, 0.1) is 0 Å². The van der Waals surface area contributed by atoms with Crippen LogP contribution >= 0.6 is 11.6 Å². The first-order chi connectivity index (χ1) is 8.10. The first kappa shape index (κ1) is 12.4. The van der Waals surface area contributed by atoms with Crippen molar-refractivity contribution in [1.29, 1.82) is 0 Å². The minimum atomic E-state index is -0.0897. The van der Waals surface area contributed by atoms with Crippen LogP contribution in [0.25, 0.3) is 0 Å². The maximum Gasteiger partial charge on any atom is 0.274 e. The van der Waals surface area contributed by atoms with Crippen molar-refractivity contribution in [2.75, 3.05) is 19.0 Å². The van der Waals surface area contributed by atoms with Crippen LogP contribution in [0.3, 0.4) is 0 Å². The number of ether oxygens (including phenoxy) is 1. The minimum absolute atomic E-state index is 0.0140. The Hall–Kier alpha value is -1.07. The van der Waals surface area contributed by atoms with E-state index < -0.39 is 0 Å². The molecule has 0 aliphatic carbocycles. The molecule has 17 heavy (non-hydrogen) atoms. The number of alkyl halides is 1. The third-order valence-electron chi connectivity index (χ3n) is 2.72. The van der Waals surface area contributed by atoms with Gasteiger partial charge in [-0.25, -0.2) is 0 Å². The van der Waals surface area contributed by atoms with Gasteiger partial charge in [0.25, 0.3) is 5.91 Å². The Labute approximate surface area is 105 Å². The lowest BCUT2D eigenvalue weighted by molar-refractivity contribution is -0.0571. The van der Waals surface area contributed by atoms with E-state index in [-0.39, 0.29) is 18.1 Å². The Kier molecular flexibility index (Phi) is 3.69. The Bertz CT molecular complexity index is 407. The summed E-state index contributed by atoms with van der Waals surface area (Å²) >= 11 is 5.78. The van der Waals surface area contributed by atoms with Crippen molar-refractivity contribution < 1.29 is 9.53 Å². The van der Waals surface area contributed by atoms with E-state index in [1.54, 1.807) is 28.9 Å². The van der Waals surface area contributed by atoms with Gasteiger partial charge in [-0.3, -0.25) is 9.48 Å². The fraction of sp³-hybridized carbons (Fsp3) is 0.636. The fourth-order valence-corrected chi connectivity index (χ4v) is 2.16. The molecule has 0 bridgehead atoms. The molecule has 0 saturated carbocycles. The smallest absolute Gasteiger partial charge is 0.274 e. The highest BCUT2D eigenvalue weighted by Crippen LogP contribution is 2.14. The van der Waals surface area contributed by atoms with Crippen molar-refractivity contribution in [2.45, 2.75) is 19.1 Å². The van der Waals surface area contributed by atoms with E-state index in [4.69, 9.17) is 16.3 Å². The van der Waals surface area contributed by atoms with Gasteiger partial charge in [0.05, 0.1) is 18.1 Å². The summed E-state index contributed by atoms with van der Waals surface area (Å²) in [5.74, 6) is 0.340. The van der Waals surface area contributed by atoms with E-state index in [9.17, 15) is 4.79 Å². The number of halogens is 1. The molecule has 6 heteroatoms. The molecule has 0 spiro atoms. The van der Waals surface area contributed by atoms with Gasteiger partial charge in [-0.2, -0.15) is 5.10 Å². The van der Waals surface area contributed by atoms with Crippen molar-refractivity contribution >= 4 is 17.5 Å². The zero-order valence-corrected chi connectivity index (χ0v) is 10.7. The number of aromatic nitrogens is 2. The van der Waals surface area contributed by atoms with E-state index in [2.05, 4.69) is 5.10 Å². The Morgan fingerprint density at radius 2 is 2.41 bits per heavy atom. The minimum Gasteiger partial charge on any atom is -0.370 e. The number of nitrogens with zero attached hydrogens (tertiary/aromatic N) is 3. The van der Waals surface area contributed by atoms with Crippen LogP contribution in [-0.4, -0.2) is 51.8 Å². The van der Waals surface area contributed by atoms with Gasteiger partial charge in [0.2, 0.25) is 0 Å². The number of carbonyl (C=O) groups is 1. The molecule has 1 aliphatic rings. The lowest BCUT2D eigenvalue weighted by Gasteiger charge is -2.35. The predicted molar refractivity (Wildman–Crippen MR) is 64.2 cm³/mol. The molecule has 5 nitrogen and oxygen atoms in total. The average molecular weight is 258 g/mol. The molecule has 1 aromatic heterocycles. The molecule has 2 unspecified atom stereocenters. The maximum atomic E-state index is 12.2. The summed E-state index contributed by atoms with van der Waals surface area (Å²) in [6.07, 6.45) is 1.68. The molecule has 2 heterocycles. The quantitative estimate of drug-likeness (QED) is 0.740. The van der Waals surface area contributed by atoms with Crippen LogP contribution in [0.1, 0.15) is 17.4 Å². The first-order valence-electron chi connectivity index (χ1n) is 5.60. The fourth-order valence-electron chi connectivity index (χ4n) is 1.99. The molecule has 1 aromatic rings. The van der Waals surface area contributed by atoms with Gasteiger partial charge in [0, 0.05) is 26.3 Å². The summed E-state index contributed by atoms with van der Waals surface area (Å²) in [6, 6.07) is 1.72. The van der Waals surface area contributed by atoms with Crippen molar-refractivity contribution in [1.82, 2.24) is 14.7 Å². The van der Waals surface area contributed by atoms with Crippen LogP contribution in [0.2, 0.25) is 0 Å². The third kappa shape index (κ3) is 2.79. The summed E-state index contributed by atoms with van der Waals surface area (Å²) in [5, 5.41) is 4.11. The number of hydrogen-bond acceptors (Lipinski definition) is 3. The van der Waals surface area contributed by atoms with Crippen LogP contribution in [0.5, 0.6) is 0 Å². The lowest BCUT2D eigenvalue weighted by atomic mass is 10.2. The normalized spacial score (nSPS) is 25.0. The second-order valence-corrected chi connectivity index (χ2v) is 4.62. The molecule has 1 saturated heterocycles. The number of amides is 1. The molecule has 1 amide bonds. The largest absolute Gasteiger partial charge is 0.370 e. The molecule has 0 aromatic carbocycles. The highest BCUT2D eigenvalue weighted by molar-refractivity contribution is 6.18. The molecule has 2 rings (SSSR count). The zero-order chi connectivity index (χ0) is 12.4. The number of carbonyl (C=O) groups excluding carboxylic acids is 1. The van der Waals surface area contributed by atoms with Gasteiger partial charge in [-0.15, -0.1) is 11.6 Å². The number of hydrogen-bond donors (Lipinski definition) is 0. The standard InChI is InChI=1S/C11H16ClN3O2/c1-8-6-15(7-9(5-12)17-8)11(16)10-3-4-14(2)13-10/h3-4,8-9H,5-7H2,1-2H3. The second-order valence-electron chi connectivity index (χ2n) is 4.31. The molecule has 0 N–H and O–H groups in total. The third-order valence-corrected chi connectivity index (χ3v) is 3.06. The number of rotatable bonds is 2. The summed E-state index contributed by atoms with van der Waals surface area (Å²) in [6.45, 7) is 3.06. The van der Waals surface area contributed by atoms with Gasteiger partial charge in [0.1, 0.15) is 5.69 Å². The highest BCUT2D eigenvalue weighted by atomic mass is 35.5. The van der Waals surface area contributed by atoms with Gasteiger partial charge in [-0.05, 0) is 13.0 Å². The number of aryl methyl sites for hydroxylation is 1. The van der Waals surface area contributed by atoms with Gasteiger partial charge in [0.15, 0.2) is 0 Å². The molecular weight excluding hydrogens is 242 g/mol. The van der Waals surface area contributed by atoms with Crippen LogP contribution in [0.15, 0.2) is 12.3 Å². The van der Waals surface area contributed by atoms with Crippen LogP contribution in [0.4, 0.5) is 0 Å². The molecule has 1 aliphatic heterocycles. The maximum absolute atomic E-state index is 12.2. The summed E-state index contributed by atoms with van der Waals surface area (Å²) < 4.78 is 7.23. The molecule has 1 fully saturated rings.